The first kappa shape index (κ1) is 20.7. The molecule has 0 radical (unpaired) electrons. The van der Waals surface area contributed by atoms with Crippen LogP contribution in [0.2, 0.25) is 10.0 Å². The number of benzene rings is 2. The Labute approximate surface area is 175 Å². The van der Waals surface area contributed by atoms with Crippen LogP contribution in [0, 0.1) is 5.92 Å². The number of halogens is 2. The third-order valence-electron chi connectivity index (χ3n) is 5.19. The summed E-state index contributed by atoms with van der Waals surface area (Å²) in [6, 6.07) is 13.0. The number of hydrogen-bond donors (Lipinski definition) is 0. The van der Waals surface area contributed by atoms with Gasteiger partial charge in [0.2, 0.25) is 5.91 Å². The van der Waals surface area contributed by atoms with Crippen molar-refractivity contribution in [1.29, 1.82) is 0 Å². The lowest BCUT2D eigenvalue weighted by Crippen LogP contribution is -2.27. The second-order valence-corrected chi connectivity index (χ2v) is 7.94. The fourth-order valence-corrected chi connectivity index (χ4v) is 3.69. The van der Waals surface area contributed by atoms with Gasteiger partial charge in [-0.2, -0.15) is 0 Å². The maximum absolute atomic E-state index is 12.6. The zero-order valence-corrected chi connectivity index (χ0v) is 17.5. The highest BCUT2D eigenvalue weighted by molar-refractivity contribution is 6.42. The molecule has 0 bridgehead atoms. The molecule has 2 atom stereocenters. The second-order valence-electron chi connectivity index (χ2n) is 7.13. The monoisotopic (exact) mass is 419 g/mol. The third-order valence-corrected chi connectivity index (χ3v) is 5.93. The van der Waals surface area contributed by atoms with Crippen molar-refractivity contribution in [3.63, 3.8) is 0 Å². The molecule has 2 aromatic rings. The van der Waals surface area contributed by atoms with E-state index in [2.05, 4.69) is 13.8 Å². The van der Waals surface area contributed by atoms with Gasteiger partial charge < -0.3 is 9.64 Å². The summed E-state index contributed by atoms with van der Waals surface area (Å²) in [5.74, 6) is -0.555. The number of amides is 1. The molecule has 6 heteroatoms. The fraction of sp³-hybridized carbons (Fsp3) is 0.364. The van der Waals surface area contributed by atoms with E-state index in [9.17, 15) is 9.59 Å². The van der Waals surface area contributed by atoms with Crippen LogP contribution in [0.3, 0.4) is 0 Å². The normalized spacial score (nSPS) is 17.6. The van der Waals surface area contributed by atoms with Gasteiger partial charge >= 0.3 is 5.97 Å². The van der Waals surface area contributed by atoms with Gasteiger partial charge in [-0.05, 0) is 41.7 Å². The van der Waals surface area contributed by atoms with Crippen molar-refractivity contribution in [3.8, 4) is 0 Å². The lowest BCUT2D eigenvalue weighted by molar-refractivity contribution is -0.149. The Morgan fingerprint density at radius 1 is 1.21 bits per heavy atom. The Hall–Kier alpha value is -2.04. The number of rotatable bonds is 6. The van der Waals surface area contributed by atoms with Crippen molar-refractivity contribution in [2.45, 2.75) is 39.2 Å². The molecule has 1 aliphatic heterocycles. The number of hydrogen-bond acceptors (Lipinski definition) is 3. The van der Waals surface area contributed by atoms with E-state index in [1.165, 1.54) is 0 Å². The second kappa shape index (κ2) is 8.97. The highest BCUT2D eigenvalue weighted by atomic mass is 35.5. The molecular formula is C22H23Cl2NO3. The highest BCUT2D eigenvalue weighted by Crippen LogP contribution is 2.34. The van der Waals surface area contributed by atoms with E-state index in [-0.39, 0.29) is 24.9 Å². The number of ether oxygens (including phenoxy) is 1. The van der Waals surface area contributed by atoms with Crippen molar-refractivity contribution in [1.82, 2.24) is 0 Å². The quantitative estimate of drug-likeness (QED) is 0.572. The minimum absolute atomic E-state index is 0.0489. The van der Waals surface area contributed by atoms with Gasteiger partial charge in [-0.25, -0.2) is 0 Å². The van der Waals surface area contributed by atoms with Gasteiger partial charge in [0.25, 0.3) is 0 Å². The van der Waals surface area contributed by atoms with Crippen molar-refractivity contribution < 1.29 is 14.3 Å². The van der Waals surface area contributed by atoms with E-state index in [0.717, 1.165) is 23.2 Å². The average Bonchev–Trinajstić information content (AvgIpc) is 3.09. The number of nitrogens with zero attached hydrogens (tertiary/aromatic N) is 1. The molecule has 4 nitrogen and oxygen atoms in total. The smallest absolute Gasteiger partial charge is 0.311 e. The molecular weight excluding hydrogens is 397 g/mol. The van der Waals surface area contributed by atoms with Crippen LogP contribution in [-0.2, 0) is 20.9 Å². The molecule has 0 aliphatic carbocycles. The Bertz CT molecular complexity index is 884. The number of carbonyl (C=O) groups is 2. The Morgan fingerprint density at radius 3 is 2.68 bits per heavy atom. The Balaban J connectivity index is 1.67. The molecule has 3 rings (SSSR count). The molecule has 2 aromatic carbocycles. The van der Waals surface area contributed by atoms with Gasteiger partial charge in [0.15, 0.2) is 0 Å². The topological polar surface area (TPSA) is 46.6 Å². The van der Waals surface area contributed by atoms with E-state index in [4.69, 9.17) is 27.9 Å². The van der Waals surface area contributed by atoms with Crippen LogP contribution < -0.4 is 4.90 Å². The summed E-state index contributed by atoms with van der Waals surface area (Å²) in [6.07, 6.45) is 1.14. The van der Waals surface area contributed by atoms with Crippen LogP contribution in [0.1, 0.15) is 43.7 Å². The maximum Gasteiger partial charge on any atom is 0.311 e. The molecule has 1 amide bonds. The summed E-state index contributed by atoms with van der Waals surface area (Å²) in [5, 5.41) is 0.868. The minimum Gasteiger partial charge on any atom is -0.461 e. The van der Waals surface area contributed by atoms with E-state index >= 15 is 0 Å². The van der Waals surface area contributed by atoms with Crippen molar-refractivity contribution in [3.05, 3.63) is 63.6 Å². The van der Waals surface area contributed by atoms with Crippen LogP contribution in [0.4, 0.5) is 5.69 Å². The molecule has 1 heterocycles. The van der Waals surface area contributed by atoms with Crippen LogP contribution in [0.25, 0.3) is 0 Å². The molecule has 0 unspecified atom stereocenters. The fourth-order valence-electron chi connectivity index (χ4n) is 3.37. The first-order valence-electron chi connectivity index (χ1n) is 9.40. The van der Waals surface area contributed by atoms with Crippen LogP contribution in [-0.4, -0.2) is 18.4 Å². The van der Waals surface area contributed by atoms with Gasteiger partial charge in [0.05, 0.1) is 16.0 Å². The summed E-state index contributed by atoms with van der Waals surface area (Å²) < 4.78 is 5.42. The molecule has 0 aromatic heterocycles. The summed E-state index contributed by atoms with van der Waals surface area (Å²) in [4.78, 5) is 26.8. The SMILES string of the molecule is CC[C@@H](C)c1ccccc1N1C[C@@H](C(=O)OCc2ccc(Cl)c(Cl)c2)CC1=O. The Morgan fingerprint density at radius 2 is 1.96 bits per heavy atom. The van der Waals surface area contributed by atoms with Crippen LogP contribution in [0.15, 0.2) is 42.5 Å². The molecule has 148 valence electrons. The lowest BCUT2D eigenvalue weighted by atomic mass is 9.96. The molecule has 1 fully saturated rings. The molecule has 0 spiro atoms. The van der Waals surface area contributed by atoms with Crippen LogP contribution >= 0.6 is 23.2 Å². The summed E-state index contributed by atoms with van der Waals surface area (Å²) in [6.45, 7) is 4.70. The number of carbonyl (C=O) groups excluding carboxylic acids is 2. The predicted octanol–water partition coefficient (Wildman–Crippen LogP) is 5.60. The highest BCUT2D eigenvalue weighted by Gasteiger charge is 2.37. The molecule has 28 heavy (non-hydrogen) atoms. The largest absolute Gasteiger partial charge is 0.461 e. The van der Waals surface area contributed by atoms with Crippen molar-refractivity contribution >= 4 is 40.8 Å². The van der Waals surface area contributed by atoms with E-state index in [1.807, 2.05) is 24.3 Å². The van der Waals surface area contributed by atoms with Crippen molar-refractivity contribution in [2.24, 2.45) is 5.92 Å². The predicted molar refractivity (Wildman–Crippen MR) is 112 cm³/mol. The zero-order chi connectivity index (χ0) is 20.3. The van der Waals surface area contributed by atoms with E-state index < -0.39 is 5.92 Å². The summed E-state index contributed by atoms with van der Waals surface area (Å²) >= 11 is 11.9. The molecule has 1 saturated heterocycles. The molecule has 1 aliphatic rings. The first-order chi connectivity index (χ1) is 13.4. The minimum atomic E-state index is -0.472. The summed E-state index contributed by atoms with van der Waals surface area (Å²) in [5.41, 5.74) is 2.77. The van der Waals surface area contributed by atoms with Crippen molar-refractivity contribution in [2.75, 3.05) is 11.4 Å². The Kier molecular flexibility index (Phi) is 6.63. The van der Waals surface area contributed by atoms with E-state index in [0.29, 0.717) is 22.5 Å². The number of anilines is 1. The van der Waals surface area contributed by atoms with Gasteiger partial charge in [-0.1, -0.05) is 61.3 Å². The van der Waals surface area contributed by atoms with Gasteiger partial charge in [-0.15, -0.1) is 0 Å². The third kappa shape index (κ3) is 4.50. The van der Waals surface area contributed by atoms with Gasteiger partial charge in [-0.3, -0.25) is 9.59 Å². The summed E-state index contributed by atoms with van der Waals surface area (Å²) in [7, 11) is 0. The van der Waals surface area contributed by atoms with E-state index in [1.54, 1.807) is 23.1 Å². The average molecular weight is 420 g/mol. The molecule has 0 N–H and O–H groups in total. The zero-order valence-electron chi connectivity index (χ0n) is 16.0. The van der Waals surface area contributed by atoms with Gasteiger partial charge in [0, 0.05) is 18.7 Å². The van der Waals surface area contributed by atoms with Crippen LogP contribution in [0.5, 0.6) is 0 Å². The molecule has 0 saturated carbocycles. The lowest BCUT2D eigenvalue weighted by Gasteiger charge is -2.23. The number of esters is 1. The number of para-hydroxylation sites is 1. The first-order valence-corrected chi connectivity index (χ1v) is 10.2. The van der Waals surface area contributed by atoms with Gasteiger partial charge in [0.1, 0.15) is 6.61 Å². The standard InChI is InChI=1S/C22H23Cl2NO3/c1-3-14(2)17-6-4-5-7-20(17)25-12-16(11-21(25)26)22(27)28-13-15-8-9-18(23)19(24)10-15/h4-10,14,16H,3,11-13H2,1-2H3/t14-,16+/m1/s1. The maximum atomic E-state index is 12.6.